The van der Waals surface area contributed by atoms with E-state index in [0.29, 0.717) is 5.56 Å². The Morgan fingerprint density at radius 3 is 2.43 bits per heavy atom. The van der Waals surface area contributed by atoms with Gasteiger partial charge < -0.3 is 5.11 Å². The second kappa shape index (κ2) is 6.42. The molecule has 1 saturated carbocycles. The van der Waals surface area contributed by atoms with Crippen molar-refractivity contribution in [2.75, 3.05) is 13.7 Å². The van der Waals surface area contributed by atoms with Crippen LogP contribution in [0.5, 0.6) is 0 Å². The van der Waals surface area contributed by atoms with Gasteiger partial charge >= 0.3 is 0 Å². The molecule has 1 N–H and O–H groups in total. The highest BCUT2D eigenvalue weighted by Crippen LogP contribution is 2.30. The van der Waals surface area contributed by atoms with E-state index in [2.05, 4.69) is 0 Å². The van der Waals surface area contributed by atoms with Crippen molar-refractivity contribution in [2.45, 2.75) is 43.5 Å². The Balaban J connectivity index is 2.19. The predicted octanol–water partition coefficient (Wildman–Crippen LogP) is 2.31. The van der Waals surface area contributed by atoms with Gasteiger partial charge in [0.25, 0.3) is 0 Å². The minimum atomic E-state index is -3.61. The van der Waals surface area contributed by atoms with E-state index < -0.39 is 15.8 Å². The lowest BCUT2D eigenvalue weighted by Crippen LogP contribution is -2.40. The molecule has 0 amide bonds. The molecule has 0 aliphatic heterocycles. The molecular formula is C15H22FNO3S. The second-order valence-corrected chi connectivity index (χ2v) is 7.75. The number of benzene rings is 1. The molecule has 1 aromatic carbocycles. The summed E-state index contributed by atoms with van der Waals surface area (Å²) in [4.78, 5) is 0.163. The van der Waals surface area contributed by atoms with Crippen molar-refractivity contribution in [3.8, 4) is 0 Å². The van der Waals surface area contributed by atoms with Crippen LogP contribution in [0.15, 0.2) is 23.1 Å². The summed E-state index contributed by atoms with van der Waals surface area (Å²) in [5.41, 5.74) is 0.422. The first-order chi connectivity index (χ1) is 9.86. The fraction of sp³-hybridized carbons (Fsp3) is 0.600. The van der Waals surface area contributed by atoms with Gasteiger partial charge in [0, 0.05) is 19.7 Å². The maximum absolute atomic E-state index is 13.1. The van der Waals surface area contributed by atoms with Gasteiger partial charge in [-0.05, 0) is 62.3 Å². The molecule has 0 spiro atoms. The number of halogens is 1. The third-order valence-electron chi connectivity index (χ3n) is 4.38. The SMILES string of the molecule is Cc1cc(F)ccc1S(=O)(=O)N(C)C1CCC(CO)CC1. The monoisotopic (exact) mass is 315 g/mol. The van der Waals surface area contributed by atoms with Crippen LogP contribution in [0.1, 0.15) is 31.2 Å². The fourth-order valence-corrected chi connectivity index (χ4v) is 4.56. The van der Waals surface area contributed by atoms with Crippen LogP contribution >= 0.6 is 0 Å². The Morgan fingerprint density at radius 1 is 1.29 bits per heavy atom. The van der Waals surface area contributed by atoms with Crippen molar-refractivity contribution < 1.29 is 17.9 Å². The molecule has 0 bridgehead atoms. The van der Waals surface area contributed by atoms with Crippen LogP contribution in [0.3, 0.4) is 0 Å². The summed E-state index contributed by atoms with van der Waals surface area (Å²) >= 11 is 0. The molecule has 0 radical (unpaired) electrons. The smallest absolute Gasteiger partial charge is 0.243 e. The molecule has 2 rings (SSSR count). The molecule has 1 fully saturated rings. The summed E-state index contributed by atoms with van der Waals surface area (Å²) in [5.74, 6) is -0.150. The Morgan fingerprint density at radius 2 is 1.90 bits per heavy atom. The molecule has 0 saturated heterocycles. The first kappa shape index (κ1) is 16.4. The van der Waals surface area contributed by atoms with Crippen LogP contribution in [-0.4, -0.2) is 37.5 Å². The Hall–Kier alpha value is -0.980. The standard InChI is InChI=1S/C15H22FNO3S/c1-11-9-13(16)5-8-15(11)21(19,20)17(2)14-6-3-12(10-18)4-7-14/h5,8-9,12,14,18H,3-4,6-7,10H2,1-2H3. The van der Waals surface area contributed by atoms with Gasteiger partial charge in [0.2, 0.25) is 10.0 Å². The van der Waals surface area contributed by atoms with Crippen LogP contribution in [0.2, 0.25) is 0 Å². The molecule has 0 atom stereocenters. The van der Waals surface area contributed by atoms with E-state index in [1.165, 1.54) is 22.5 Å². The maximum atomic E-state index is 13.1. The summed E-state index contributed by atoms with van der Waals surface area (Å²) in [6.45, 7) is 1.77. The van der Waals surface area contributed by atoms with E-state index in [-0.39, 0.29) is 23.5 Å². The summed E-state index contributed by atoms with van der Waals surface area (Å²) < 4.78 is 39.9. The molecule has 0 aromatic heterocycles. The quantitative estimate of drug-likeness (QED) is 0.927. The van der Waals surface area contributed by atoms with Gasteiger partial charge in [-0.1, -0.05) is 0 Å². The zero-order chi connectivity index (χ0) is 15.6. The van der Waals surface area contributed by atoms with E-state index in [1.54, 1.807) is 14.0 Å². The lowest BCUT2D eigenvalue weighted by Gasteiger charge is -2.33. The number of aliphatic hydroxyl groups excluding tert-OH is 1. The molecule has 1 aliphatic rings. The number of rotatable bonds is 4. The van der Waals surface area contributed by atoms with Crippen molar-refractivity contribution in [3.63, 3.8) is 0 Å². The zero-order valence-electron chi connectivity index (χ0n) is 12.4. The Labute approximate surface area is 125 Å². The van der Waals surface area contributed by atoms with Crippen molar-refractivity contribution >= 4 is 10.0 Å². The predicted molar refractivity (Wildman–Crippen MR) is 78.9 cm³/mol. The number of aryl methyl sites for hydroxylation is 1. The fourth-order valence-electron chi connectivity index (χ4n) is 2.94. The summed E-state index contributed by atoms with van der Waals surface area (Å²) in [6, 6.07) is 3.69. The highest BCUT2D eigenvalue weighted by molar-refractivity contribution is 7.89. The molecule has 0 heterocycles. The van der Waals surface area contributed by atoms with Gasteiger partial charge in [0.05, 0.1) is 4.90 Å². The lowest BCUT2D eigenvalue weighted by atomic mass is 9.87. The van der Waals surface area contributed by atoms with Crippen molar-refractivity contribution in [2.24, 2.45) is 5.92 Å². The highest BCUT2D eigenvalue weighted by atomic mass is 32.2. The minimum absolute atomic E-state index is 0.0535. The molecule has 21 heavy (non-hydrogen) atoms. The molecule has 6 heteroatoms. The van der Waals surface area contributed by atoms with Crippen LogP contribution in [0.25, 0.3) is 0 Å². The van der Waals surface area contributed by atoms with E-state index in [9.17, 15) is 12.8 Å². The Kier molecular flexibility index (Phi) is 5.01. The second-order valence-electron chi connectivity index (χ2n) is 5.79. The van der Waals surface area contributed by atoms with Gasteiger partial charge in [-0.3, -0.25) is 0 Å². The average molecular weight is 315 g/mol. The topological polar surface area (TPSA) is 57.6 Å². The molecule has 118 valence electrons. The van der Waals surface area contributed by atoms with Gasteiger partial charge in [0.1, 0.15) is 5.82 Å². The van der Waals surface area contributed by atoms with E-state index in [1.807, 2.05) is 0 Å². The van der Waals surface area contributed by atoms with Crippen LogP contribution < -0.4 is 0 Å². The van der Waals surface area contributed by atoms with Gasteiger partial charge in [-0.25, -0.2) is 12.8 Å². The first-order valence-electron chi connectivity index (χ1n) is 7.21. The van der Waals surface area contributed by atoms with Gasteiger partial charge in [-0.2, -0.15) is 4.31 Å². The van der Waals surface area contributed by atoms with Gasteiger partial charge in [-0.15, -0.1) is 0 Å². The van der Waals surface area contributed by atoms with E-state index in [0.717, 1.165) is 25.7 Å². The summed E-state index contributed by atoms with van der Waals surface area (Å²) in [6.07, 6.45) is 3.18. The van der Waals surface area contributed by atoms with Crippen molar-refractivity contribution in [1.29, 1.82) is 0 Å². The maximum Gasteiger partial charge on any atom is 0.243 e. The minimum Gasteiger partial charge on any atom is -0.396 e. The van der Waals surface area contributed by atoms with Crippen molar-refractivity contribution in [3.05, 3.63) is 29.6 Å². The molecule has 4 nitrogen and oxygen atoms in total. The molecular weight excluding hydrogens is 293 g/mol. The third-order valence-corrected chi connectivity index (χ3v) is 6.45. The normalized spacial score (nSPS) is 23.5. The van der Waals surface area contributed by atoms with E-state index >= 15 is 0 Å². The number of nitrogens with zero attached hydrogens (tertiary/aromatic N) is 1. The molecule has 1 aromatic rings. The van der Waals surface area contributed by atoms with Crippen LogP contribution in [0, 0.1) is 18.7 Å². The zero-order valence-corrected chi connectivity index (χ0v) is 13.2. The van der Waals surface area contributed by atoms with Crippen LogP contribution in [0.4, 0.5) is 4.39 Å². The largest absolute Gasteiger partial charge is 0.396 e. The van der Waals surface area contributed by atoms with Crippen molar-refractivity contribution in [1.82, 2.24) is 4.31 Å². The number of sulfonamides is 1. The van der Waals surface area contributed by atoms with Gasteiger partial charge in [0.15, 0.2) is 0 Å². The van der Waals surface area contributed by atoms with Crippen LogP contribution in [-0.2, 0) is 10.0 Å². The summed E-state index contributed by atoms with van der Waals surface area (Å²) in [5, 5.41) is 9.15. The average Bonchev–Trinajstić information content (AvgIpc) is 2.46. The number of hydrogen-bond donors (Lipinski definition) is 1. The number of hydrogen-bond acceptors (Lipinski definition) is 3. The lowest BCUT2D eigenvalue weighted by molar-refractivity contribution is 0.159. The number of aliphatic hydroxyl groups is 1. The Bertz CT molecular complexity index is 595. The molecule has 0 unspecified atom stereocenters. The first-order valence-corrected chi connectivity index (χ1v) is 8.65. The summed E-state index contributed by atoms with van der Waals surface area (Å²) in [7, 11) is -2.02. The third kappa shape index (κ3) is 3.44. The highest BCUT2D eigenvalue weighted by Gasteiger charge is 2.32. The van der Waals surface area contributed by atoms with E-state index in [4.69, 9.17) is 5.11 Å². The molecule has 1 aliphatic carbocycles.